The molecule has 3 heterocycles. The fraction of sp³-hybridized carbons (Fsp3) is 0.500. The Kier molecular flexibility index (Phi) is 5.32. The number of aromatic nitrogens is 3. The van der Waals surface area contributed by atoms with Gasteiger partial charge in [0.25, 0.3) is 0 Å². The summed E-state index contributed by atoms with van der Waals surface area (Å²) in [5.41, 5.74) is 1.30. The van der Waals surface area contributed by atoms with Crippen molar-refractivity contribution < 1.29 is 4.74 Å². The Morgan fingerprint density at radius 1 is 1.23 bits per heavy atom. The lowest BCUT2D eigenvalue weighted by Crippen LogP contribution is -2.34. The SMILES string of the molecule is C=CCOc1cccc(CN2CCC(c3nnc4n3CCNC4)CC2)c1. The van der Waals surface area contributed by atoms with Crippen LogP contribution in [0.1, 0.15) is 36.0 Å². The summed E-state index contributed by atoms with van der Waals surface area (Å²) in [6.45, 7) is 10.3. The maximum Gasteiger partial charge on any atom is 0.147 e. The van der Waals surface area contributed by atoms with Gasteiger partial charge in [-0.3, -0.25) is 4.90 Å². The molecule has 0 unspecified atom stereocenters. The second-order valence-electron chi connectivity index (χ2n) is 7.10. The summed E-state index contributed by atoms with van der Waals surface area (Å²) in [4.78, 5) is 2.53. The van der Waals surface area contributed by atoms with Gasteiger partial charge in [0.2, 0.25) is 0 Å². The van der Waals surface area contributed by atoms with E-state index in [1.807, 2.05) is 6.07 Å². The van der Waals surface area contributed by atoms with Crippen molar-refractivity contribution in [2.45, 2.75) is 38.4 Å². The Labute approximate surface area is 154 Å². The molecular formula is C20H27N5O. The molecule has 2 aliphatic rings. The fourth-order valence-electron chi connectivity index (χ4n) is 3.91. The van der Waals surface area contributed by atoms with Gasteiger partial charge >= 0.3 is 0 Å². The first-order valence-electron chi connectivity index (χ1n) is 9.51. The molecule has 2 aromatic rings. The Morgan fingerprint density at radius 2 is 2.12 bits per heavy atom. The average Bonchev–Trinajstić information content (AvgIpc) is 3.11. The minimum Gasteiger partial charge on any atom is -0.490 e. The van der Waals surface area contributed by atoms with Gasteiger partial charge in [-0.25, -0.2) is 0 Å². The monoisotopic (exact) mass is 353 g/mol. The predicted octanol–water partition coefficient (Wildman–Crippen LogP) is 2.33. The highest BCUT2D eigenvalue weighted by molar-refractivity contribution is 5.28. The molecule has 1 fully saturated rings. The zero-order chi connectivity index (χ0) is 17.8. The largest absolute Gasteiger partial charge is 0.490 e. The Hall–Kier alpha value is -2.18. The number of ether oxygens (including phenoxy) is 1. The van der Waals surface area contributed by atoms with Gasteiger partial charge in [-0.05, 0) is 43.6 Å². The molecule has 0 atom stereocenters. The Bertz CT molecular complexity index is 748. The summed E-state index contributed by atoms with van der Waals surface area (Å²) >= 11 is 0. The Morgan fingerprint density at radius 3 is 2.96 bits per heavy atom. The fourth-order valence-corrected chi connectivity index (χ4v) is 3.91. The van der Waals surface area contributed by atoms with E-state index in [0.29, 0.717) is 12.5 Å². The van der Waals surface area contributed by atoms with Crippen molar-refractivity contribution in [1.29, 1.82) is 0 Å². The van der Waals surface area contributed by atoms with Gasteiger partial charge in [0, 0.05) is 25.6 Å². The summed E-state index contributed by atoms with van der Waals surface area (Å²) in [6, 6.07) is 8.38. The van der Waals surface area contributed by atoms with Gasteiger partial charge in [-0.2, -0.15) is 0 Å². The number of nitrogens with zero attached hydrogens (tertiary/aromatic N) is 4. The number of fused-ring (bicyclic) bond motifs is 1. The van der Waals surface area contributed by atoms with Crippen LogP contribution in [-0.2, 0) is 19.6 Å². The zero-order valence-electron chi connectivity index (χ0n) is 15.2. The van der Waals surface area contributed by atoms with Gasteiger partial charge in [0.05, 0.1) is 6.54 Å². The van der Waals surface area contributed by atoms with E-state index in [1.54, 1.807) is 6.08 Å². The molecule has 0 radical (unpaired) electrons. The van der Waals surface area contributed by atoms with Crippen LogP contribution in [0.25, 0.3) is 0 Å². The smallest absolute Gasteiger partial charge is 0.147 e. The summed E-state index contributed by atoms with van der Waals surface area (Å²) in [6.07, 6.45) is 4.08. The van der Waals surface area contributed by atoms with E-state index in [1.165, 1.54) is 11.4 Å². The van der Waals surface area contributed by atoms with Crippen molar-refractivity contribution in [3.05, 3.63) is 54.1 Å². The third-order valence-corrected chi connectivity index (χ3v) is 5.28. The summed E-state index contributed by atoms with van der Waals surface area (Å²) in [5, 5.41) is 12.2. The van der Waals surface area contributed by atoms with Crippen LogP contribution in [0.5, 0.6) is 5.75 Å². The van der Waals surface area contributed by atoms with Gasteiger partial charge in [0.15, 0.2) is 0 Å². The molecule has 4 rings (SSSR count). The van der Waals surface area contributed by atoms with Crippen LogP contribution in [0.15, 0.2) is 36.9 Å². The maximum absolute atomic E-state index is 5.64. The van der Waals surface area contributed by atoms with Crippen molar-refractivity contribution >= 4 is 0 Å². The molecule has 1 N–H and O–H groups in total. The molecule has 6 nitrogen and oxygen atoms in total. The number of piperidine rings is 1. The molecule has 0 amide bonds. The van der Waals surface area contributed by atoms with Crippen LogP contribution in [0.3, 0.4) is 0 Å². The van der Waals surface area contributed by atoms with Gasteiger partial charge in [0.1, 0.15) is 24.0 Å². The molecule has 6 heteroatoms. The van der Waals surface area contributed by atoms with E-state index >= 15 is 0 Å². The first-order chi connectivity index (χ1) is 12.8. The van der Waals surface area contributed by atoms with Crippen LogP contribution < -0.4 is 10.1 Å². The first-order valence-corrected chi connectivity index (χ1v) is 9.51. The highest BCUT2D eigenvalue weighted by Crippen LogP contribution is 2.28. The molecule has 0 bridgehead atoms. The second kappa shape index (κ2) is 8.01. The molecule has 0 saturated carbocycles. The van der Waals surface area contributed by atoms with E-state index in [2.05, 4.69) is 49.8 Å². The quantitative estimate of drug-likeness (QED) is 0.808. The van der Waals surface area contributed by atoms with Crippen LogP contribution >= 0.6 is 0 Å². The summed E-state index contributed by atoms with van der Waals surface area (Å²) in [7, 11) is 0. The molecule has 138 valence electrons. The van der Waals surface area contributed by atoms with Crippen LogP contribution in [-0.4, -0.2) is 45.9 Å². The molecule has 1 aromatic carbocycles. The normalized spacial score (nSPS) is 18.5. The minimum atomic E-state index is 0.535. The number of hydrogen-bond acceptors (Lipinski definition) is 5. The average molecular weight is 353 g/mol. The van der Waals surface area contributed by atoms with E-state index in [9.17, 15) is 0 Å². The summed E-state index contributed by atoms with van der Waals surface area (Å²) in [5.74, 6) is 3.74. The van der Waals surface area contributed by atoms with Crippen molar-refractivity contribution in [3.8, 4) is 5.75 Å². The number of benzene rings is 1. The number of hydrogen-bond donors (Lipinski definition) is 1. The van der Waals surface area contributed by atoms with Crippen molar-refractivity contribution in [2.75, 3.05) is 26.2 Å². The highest BCUT2D eigenvalue weighted by atomic mass is 16.5. The molecule has 0 spiro atoms. The molecular weight excluding hydrogens is 326 g/mol. The molecule has 1 aromatic heterocycles. The third-order valence-electron chi connectivity index (χ3n) is 5.28. The second-order valence-corrected chi connectivity index (χ2v) is 7.10. The minimum absolute atomic E-state index is 0.535. The van der Waals surface area contributed by atoms with E-state index in [4.69, 9.17) is 4.74 Å². The number of rotatable bonds is 6. The van der Waals surface area contributed by atoms with E-state index in [-0.39, 0.29) is 0 Å². The number of likely N-dealkylation sites (tertiary alicyclic amines) is 1. The standard InChI is InChI=1S/C20H27N5O/c1-2-12-26-18-5-3-4-16(13-18)15-24-9-6-17(7-10-24)20-23-22-19-14-21-8-11-25(19)20/h2-5,13,17,21H,1,6-12,14-15H2. The van der Waals surface area contributed by atoms with Gasteiger partial charge in [-0.1, -0.05) is 24.8 Å². The number of nitrogens with one attached hydrogen (secondary N) is 1. The van der Waals surface area contributed by atoms with Gasteiger partial charge < -0.3 is 14.6 Å². The van der Waals surface area contributed by atoms with Crippen molar-refractivity contribution in [3.63, 3.8) is 0 Å². The zero-order valence-corrected chi connectivity index (χ0v) is 15.2. The van der Waals surface area contributed by atoms with Crippen LogP contribution in [0.2, 0.25) is 0 Å². The molecule has 0 aliphatic carbocycles. The van der Waals surface area contributed by atoms with E-state index < -0.39 is 0 Å². The summed E-state index contributed by atoms with van der Waals surface area (Å²) < 4.78 is 7.97. The van der Waals surface area contributed by atoms with Crippen LogP contribution in [0.4, 0.5) is 0 Å². The van der Waals surface area contributed by atoms with Crippen molar-refractivity contribution in [2.24, 2.45) is 0 Å². The first kappa shape index (κ1) is 17.2. The van der Waals surface area contributed by atoms with Gasteiger partial charge in [-0.15, -0.1) is 10.2 Å². The predicted molar refractivity (Wildman–Crippen MR) is 101 cm³/mol. The molecule has 26 heavy (non-hydrogen) atoms. The molecule has 2 aliphatic heterocycles. The van der Waals surface area contributed by atoms with Crippen LogP contribution in [0, 0.1) is 0 Å². The topological polar surface area (TPSA) is 55.2 Å². The van der Waals surface area contributed by atoms with Crippen molar-refractivity contribution in [1.82, 2.24) is 25.0 Å². The Balaban J connectivity index is 1.34. The lowest BCUT2D eigenvalue weighted by Gasteiger charge is -2.32. The van der Waals surface area contributed by atoms with E-state index in [0.717, 1.165) is 63.7 Å². The lowest BCUT2D eigenvalue weighted by molar-refractivity contribution is 0.199. The molecule has 1 saturated heterocycles. The maximum atomic E-state index is 5.64. The third kappa shape index (κ3) is 3.81. The lowest BCUT2D eigenvalue weighted by atomic mass is 9.95. The highest BCUT2D eigenvalue weighted by Gasteiger charge is 2.26.